The van der Waals surface area contributed by atoms with Gasteiger partial charge >= 0.3 is 0 Å². The number of furan rings is 1. The molecule has 11 heteroatoms. The Labute approximate surface area is 256 Å². The molecule has 2 aromatic carbocycles. The highest BCUT2D eigenvalue weighted by atomic mass is 35.5. The van der Waals surface area contributed by atoms with E-state index in [4.69, 9.17) is 39.4 Å². The Bertz CT molecular complexity index is 1650. The number of benzene rings is 2. The summed E-state index contributed by atoms with van der Waals surface area (Å²) in [4.78, 5) is 11.6. The molecule has 0 amide bonds. The van der Waals surface area contributed by atoms with Gasteiger partial charge in [0.2, 0.25) is 5.95 Å². The number of hydrogen-bond donors (Lipinski definition) is 5. The Morgan fingerprint density at radius 3 is 2.74 bits per heavy atom. The third kappa shape index (κ3) is 7.25. The molecule has 0 spiro atoms. The molecule has 218 valence electrons. The number of fused-ring (bicyclic) bond motifs is 1. The lowest BCUT2D eigenvalue weighted by Crippen LogP contribution is -2.24. The molecule has 3 heterocycles. The van der Waals surface area contributed by atoms with E-state index in [1.165, 1.54) is 0 Å². The molecular weight excluding hydrogens is 568 g/mol. The van der Waals surface area contributed by atoms with Crippen LogP contribution >= 0.6 is 23.8 Å². The number of amidine groups is 1. The summed E-state index contributed by atoms with van der Waals surface area (Å²) < 4.78 is 6.01. The molecule has 0 aliphatic carbocycles. The van der Waals surface area contributed by atoms with Gasteiger partial charge in [0, 0.05) is 53.1 Å². The normalized spacial score (nSPS) is 17.1. The van der Waals surface area contributed by atoms with Gasteiger partial charge in [-0.25, -0.2) is 4.98 Å². The summed E-state index contributed by atoms with van der Waals surface area (Å²) in [7, 11) is 0. The molecule has 42 heavy (non-hydrogen) atoms. The summed E-state index contributed by atoms with van der Waals surface area (Å²) in [6.07, 6.45) is 4.29. The van der Waals surface area contributed by atoms with Crippen molar-refractivity contribution < 1.29 is 4.42 Å². The Kier molecular flexibility index (Phi) is 9.06. The van der Waals surface area contributed by atoms with E-state index < -0.39 is 0 Å². The average molecular weight is 603 g/mol. The van der Waals surface area contributed by atoms with Gasteiger partial charge in [-0.1, -0.05) is 30.7 Å². The largest absolute Gasteiger partial charge is 0.457 e. The average Bonchev–Trinajstić information content (AvgIpc) is 3.55. The maximum Gasteiger partial charge on any atom is 0.231 e. The second-order valence-corrected chi connectivity index (χ2v) is 11.4. The zero-order valence-electron chi connectivity index (χ0n) is 23.9. The Balaban J connectivity index is 1.23. The number of thiocarbonyl (C=S) groups is 1. The number of nitrogens with zero attached hydrogens (tertiary/aromatic N) is 3. The van der Waals surface area contributed by atoms with E-state index in [9.17, 15) is 0 Å². The molecule has 1 fully saturated rings. The van der Waals surface area contributed by atoms with Crippen LogP contribution in [0.25, 0.3) is 17.0 Å². The molecule has 1 saturated heterocycles. The zero-order chi connectivity index (χ0) is 29.8. The molecule has 0 bridgehead atoms. The predicted octanol–water partition coefficient (Wildman–Crippen LogP) is 6.28. The predicted molar refractivity (Wildman–Crippen MR) is 177 cm³/mol. The summed E-state index contributed by atoms with van der Waals surface area (Å²) in [6.45, 7) is 9.80. The summed E-state index contributed by atoms with van der Waals surface area (Å²) in [5.41, 5.74) is 9.72. The number of aryl methyl sites for hydroxylation is 2. The van der Waals surface area contributed by atoms with Crippen LogP contribution in [0, 0.1) is 31.1 Å². The van der Waals surface area contributed by atoms with Gasteiger partial charge in [0.15, 0.2) is 5.11 Å². The van der Waals surface area contributed by atoms with E-state index in [0.29, 0.717) is 33.5 Å². The molecule has 5 rings (SSSR count). The van der Waals surface area contributed by atoms with Crippen LogP contribution < -0.4 is 21.7 Å². The van der Waals surface area contributed by atoms with Gasteiger partial charge in [0.05, 0.1) is 0 Å². The van der Waals surface area contributed by atoms with E-state index in [2.05, 4.69) is 49.9 Å². The van der Waals surface area contributed by atoms with Crippen molar-refractivity contribution >= 4 is 69.3 Å². The van der Waals surface area contributed by atoms with Gasteiger partial charge in [-0.15, -0.1) is 0 Å². The lowest BCUT2D eigenvalue weighted by molar-refractivity contribution is 0.343. The molecule has 2 unspecified atom stereocenters. The van der Waals surface area contributed by atoms with Crippen molar-refractivity contribution in [3.63, 3.8) is 0 Å². The van der Waals surface area contributed by atoms with Gasteiger partial charge in [0.25, 0.3) is 0 Å². The molecule has 4 aromatic rings. The lowest BCUT2D eigenvalue weighted by atomic mass is 9.95. The summed E-state index contributed by atoms with van der Waals surface area (Å²) in [5.74, 6) is 2.72. The van der Waals surface area contributed by atoms with E-state index in [-0.39, 0.29) is 5.84 Å². The van der Waals surface area contributed by atoms with Crippen molar-refractivity contribution in [1.29, 1.82) is 5.41 Å². The van der Waals surface area contributed by atoms with Crippen LogP contribution in [-0.4, -0.2) is 52.0 Å². The molecule has 1 aliphatic rings. The first-order valence-electron chi connectivity index (χ1n) is 13.9. The van der Waals surface area contributed by atoms with Crippen LogP contribution in [0.15, 0.2) is 59.0 Å². The van der Waals surface area contributed by atoms with Crippen LogP contribution in [0.1, 0.15) is 29.5 Å². The molecule has 1 aliphatic heterocycles. The topological polar surface area (TPSA) is 128 Å². The number of aromatic nitrogens is 2. The van der Waals surface area contributed by atoms with Gasteiger partial charge in [0.1, 0.15) is 23.0 Å². The highest BCUT2D eigenvalue weighted by molar-refractivity contribution is 7.80. The standard InChI is InChI=1S/C31H35ClN8OS/c1-4-40-16-21(6-9-25-13-22-12-20(29(33)34)7-10-27(22)41-25)23(17-40)15-35-28-11-19(3)36-30(38-28)39-31(42)37-24-8-5-18(2)26(32)14-24/h5-14,21,23H,4,15-17H2,1-3H3,(H3,33,34)(H3,35,36,37,38,39,42)/b9-6+. The van der Waals surface area contributed by atoms with Crippen molar-refractivity contribution in [2.75, 3.05) is 42.1 Å². The summed E-state index contributed by atoms with van der Waals surface area (Å²) in [5, 5.41) is 19.4. The van der Waals surface area contributed by atoms with Crippen molar-refractivity contribution in [1.82, 2.24) is 14.9 Å². The van der Waals surface area contributed by atoms with Crippen LogP contribution in [0.2, 0.25) is 5.02 Å². The van der Waals surface area contributed by atoms with Crippen LogP contribution in [0.4, 0.5) is 17.5 Å². The van der Waals surface area contributed by atoms with Crippen molar-refractivity contribution in [2.45, 2.75) is 20.8 Å². The zero-order valence-corrected chi connectivity index (χ0v) is 25.4. The van der Waals surface area contributed by atoms with Gasteiger partial charge < -0.3 is 31.0 Å². The first-order chi connectivity index (χ1) is 20.2. The van der Waals surface area contributed by atoms with Gasteiger partial charge in [-0.05, 0) is 92.5 Å². The van der Waals surface area contributed by atoms with Crippen molar-refractivity contribution in [3.8, 4) is 0 Å². The minimum absolute atomic E-state index is 0.0462. The molecule has 6 N–H and O–H groups in total. The van der Waals surface area contributed by atoms with Crippen LogP contribution in [-0.2, 0) is 0 Å². The molecule has 9 nitrogen and oxygen atoms in total. The third-order valence-corrected chi connectivity index (χ3v) is 8.03. The smallest absolute Gasteiger partial charge is 0.231 e. The number of anilines is 3. The highest BCUT2D eigenvalue weighted by Gasteiger charge is 2.30. The monoisotopic (exact) mass is 602 g/mol. The molecular formula is C31H35ClN8OS. The fraction of sp³-hybridized carbons (Fsp3) is 0.290. The minimum atomic E-state index is 0.0462. The minimum Gasteiger partial charge on any atom is -0.457 e. The molecule has 2 aromatic heterocycles. The summed E-state index contributed by atoms with van der Waals surface area (Å²) >= 11 is 11.7. The fourth-order valence-corrected chi connectivity index (χ4v) is 5.49. The number of hydrogen-bond acceptors (Lipinski definition) is 7. The van der Waals surface area contributed by atoms with Crippen molar-refractivity contribution in [3.05, 3.63) is 82.2 Å². The highest BCUT2D eigenvalue weighted by Crippen LogP contribution is 2.28. The number of halogens is 1. The van der Waals surface area contributed by atoms with Crippen LogP contribution in [0.5, 0.6) is 0 Å². The fourth-order valence-electron chi connectivity index (χ4n) is 5.10. The molecule has 2 atom stereocenters. The number of nitrogen functional groups attached to an aromatic ring is 1. The quantitative estimate of drug-likeness (QED) is 0.0854. The summed E-state index contributed by atoms with van der Waals surface area (Å²) in [6, 6.07) is 15.2. The second kappa shape index (κ2) is 12.9. The van der Waals surface area contributed by atoms with Crippen LogP contribution in [0.3, 0.4) is 0 Å². The van der Waals surface area contributed by atoms with E-state index in [1.54, 1.807) is 6.07 Å². The van der Waals surface area contributed by atoms with E-state index in [0.717, 1.165) is 65.7 Å². The third-order valence-electron chi connectivity index (χ3n) is 7.42. The maximum atomic E-state index is 7.68. The SMILES string of the molecule is CCN1CC(/C=C/c2cc3cc(C(=N)N)ccc3o2)C(CNc2cc(C)nc(NC(=S)Nc3ccc(C)c(Cl)c3)n2)C1. The Morgan fingerprint density at radius 1 is 1.14 bits per heavy atom. The Hall–Kier alpha value is -3.99. The first-order valence-corrected chi connectivity index (χ1v) is 14.7. The maximum absolute atomic E-state index is 7.68. The Morgan fingerprint density at radius 2 is 1.98 bits per heavy atom. The number of likely N-dealkylation sites (tertiary alicyclic amines) is 1. The van der Waals surface area contributed by atoms with Gasteiger partial charge in [-0.2, -0.15) is 4.98 Å². The lowest BCUT2D eigenvalue weighted by Gasteiger charge is -2.17. The molecule has 0 radical (unpaired) electrons. The second-order valence-electron chi connectivity index (χ2n) is 10.6. The molecule has 0 saturated carbocycles. The van der Waals surface area contributed by atoms with Gasteiger partial charge in [-0.3, -0.25) is 5.41 Å². The number of nitrogens with one attached hydrogen (secondary N) is 4. The number of nitrogens with two attached hydrogens (primary N) is 1. The number of rotatable bonds is 9. The van der Waals surface area contributed by atoms with Crippen molar-refractivity contribution in [2.24, 2.45) is 17.6 Å². The first kappa shape index (κ1) is 29.5. The van der Waals surface area contributed by atoms with E-state index >= 15 is 0 Å². The van der Waals surface area contributed by atoms with E-state index in [1.807, 2.05) is 56.3 Å².